The van der Waals surface area contributed by atoms with Gasteiger partial charge in [0.05, 0.1) is 27.4 Å². The second-order valence-electron chi connectivity index (χ2n) is 7.72. The van der Waals surface area contributed by atoms with Gasteiger partial charge in [0, 0.05) is 5.56 Å². The first kappa shape index (κ1) is 21.6. The van der Waals surface area contributed by atoms with Crippen LogP contribution in [0.25, 0.3) is 0 Å². The van der Waals surface area contributed by atoms with Crippen LogP contribution in [0.15, 0.2) is 48.5 Å². The van der Waals surface area contributed by atoms with Gasteiger partial charge in [0.1, 0.15) is 45.4 Å². The Morgan fingerprint density at radius 1 is 0.862 bits per heavy atom. The van der Waals surface area contributed by atoms with Crippen molar-refractivity contribution in [1.82, 2.24) is 0 Å². The van der Waals surface area contributed by atoms with Crippen LogP contribution in [0.5, 0.6) is 11.5 Å². The Morgan fingerprint density at radius 3 is 2.24 bits per heavy atom. The van der Waals surface area contributed by atoms with E-state index in [1.807, 2.05) is 18.2 Å². The number of benzene rings is 2. The van der Waals surface area contributed by atoms with Gasteiger partial charge < -0.3 is 29.1 Å². The maximum atomic E-state index is 10.4. The van der Waals surface area contributed by atoms with Crippen molar-refractivity contribution in [2.45, 2.75) is 19.3 Å². The minimum Gasteiger partial charge on any atom is -0.493 e. The quantitative estimate of drug-likeness (QED) is 0.505. The number of piperazine rings is 1. The molecule has 0 saturated carbocycles. The smallest absolute Gasteiger partial charge is 0.161 e. The molecule has 3 N–H and O–H groups in total. The van der Waals surface area contributed by atoms with Gasteiger partial charge in [-0.25, -0.2) is 0 Å². The van der Waals surface area contributed by atoms with Crippen molar-refractivity contribution in [3.8, 4) is 11.5 Å². The van der Waals surface area contributed by atoms with Gasteiger partial charge in [0.25, 0.3) is 0 Å². The van der Waals surface area contributed by atoms with Crippen LogP contribution in [0, 0.1) is 0 Å². The largest absolute Gasteiger partial charge is 0.493 e. The van der Waals surface area contributed by atoms with Crippen LogP contribution in [0.4, 0.5) is 0 Å². The van der Waals surface area contributed by atoms with E-state index in [0.29, 0.717) is 24.7 Å². The van der Waals surface area contributed by atoms with Crippen molar-refractivity contribution < 1.29 is 29.1 Å². The standard InChI is InChI=1S/C23H32N2O4/c1-27-22-9-8-20(14-23(22)28-2)17-29-18-21(26)16-25-12-10-24(11-13-25)15-19-6-4-3-5-7-19/h3-9,14,21,26H,10-13,15-18H2,1-2H3/p+2/t21-/m1/s1. The molecule has 2 aromatic carbocycles. The van der Waals surface area contributed by atoms with Crippen LogP contribution in [-0.4, -0.2) is 64.8 Å². The molecule has 0 amide bonds. The summed E-state index contributed by atoms with van der Waals surface area (Å²) in [5.74, 6) is 1.39. The minimum absolute atomic E-state index is 0.346. The molecule has 1 heterocycles. The van der Waals surface area contributed by atoms with E-state index >= 15 is 0 Å². The Hall–Kier alpha value is -2.12. The number of methoxy groups -OCH3 is 2. The molecule has 1 aliphatic rings. The summed E-state index contributed by atoms with van der Waals surface area (Å²) in [5.41, 5.74) is 2.40. The Morgan fingerprint density at radius 2 is 1.55 bits per heavy atom. The zero-order chi connectivity index (χ0) is 20.5. The molecule has 6 heteroatoms. The third kappa shape index (κ3) is 6.72. The molecule has 29 heavy (non-hydrogen) atoms. The number of aliphatic hydroxyl groups excluding tert-OH is 1. The van der Waals surface area contributed by atoms with Crippen molar-refractivity contribution in [2.24, 2.45) is 0 Å². The van der Waals surface area contributed by atoms with E-state index in [0.717, 1.165) is 44.8 Å². The normalized spacial score (nSPS) is 20.2. The van der Waals surface area contributed by atoms with E-state index < -0.39 is 6.10 Å². The Balaban J connectivity index is 1.34. The van der Waals surface area contributed by atoms with Crippen LogP contribution in [0.3, 0.4) is 0 Å². The molecule has 1 saturated heterocycles. The van der Waals surface area contributed by atoms with Crippen molar-refractivity contribution >= 4 is 0 Å². The Bertz CT molecular complexity index is 733. The zero-order valence-corrected chi connectivity index (χ0v) is 17.5. The lowest BCUT2D eigenvalue weighted by Crippen LogP contribution is -3.28. The molecule has 0 aromatic heterocycles. The molecule has 1 aliphatic heterocycles. The molecule has 0 bridgehead atoms. The molecular weight excluding hydrogens is 368 g/mol. The average molecular weight is 403 g/mol. The van der Waals surface area contributed by atoms with Crippen molar-refractivity contribution in [1.29, 1.82) is 0 Å². The number of rotatable bonds is 10. The van der Waals surface area contributed by atoms with Gasteiger partial charge in [0.15, 0.2) is 11.5 Å². The highest BCUT2D eigenvalue weighted by Crippen LogP contribution is 2.27. The Labute approximate surface area is 173 Å². The summed E-state index contributed by atoms with van der Waals surface area (Å²) >= 11 is 0. The number of ether oxygens (including phenoxy) is 3. The summed E-state index contributed by atoms with van der Waals surface area (Å²) in [5, 5.41) is 10.4. The van der Waals surface area contributed by atoms with Gasteiger partial charge in [-0.15, -0.1) is 0 Å². The first-order chi connectivity index (χ1) is 14.2. The SMILES string of the molecule is COc1ccc(COC[C@H](O)C[NH+]2CC[NH+](Cc3ccccc3)CC2)cc1OC. The number of quaternary nitrogens is 2. The summed E-state index contributed by atoms with van der Waals surface area (Å²) < 4.78 is 16.3. The minimum atomic E-state index is -0.444. The molecule has 1 fully saturated rings. The average Bonchev–Trinajstić information content (AvgIpc) is 2.75. The first-order valence-corrected chi connectivity index (χ1v) is 10.4. The van der Waals surface area contributed by atoms with Crippen LogP contribution >= 0.6 is 0 Å². The predicted molar refractivity (Wildman–Crippen MR) is 112 cm³/mol. The fourth-order valence-electron chi connectivity index (χ4n) is 3.90. The predicted octanol–water partition coefficient (Wildman–Crippen LogP) is -0.435. The van der Waals surface area contributed by atoms with Gasteiger partial charge in [0.2, 0.25) is 0 Å². The van der Waals surface area contributed by atoms with Gasteiger partial charge in [-0.05, 0) is 17.7 Å². The van der Waals surface area contributed by atoms with Crippen molar-refractivity contribution in [2.75, 3.05) is 53.6 Å². The van der Waals surface area contributed by atoms with Gasteiger partial charge in [-0.3, -0.25) is 0 Å². The second kappa shape index (κ2) is 11.2. The highest BCUT2D eigenvalue weighted by molar-refractivity contribution is 5.42. The third-order valence-electron chi connectivity index (χ3n) is 5.51. The maximum Gasteiger partial charge on any atom is 0.161 e. The summed E-state index contributed by atoms with van der Waals surface area (Å²) in [4.78, 5) is 3.09. The molecule has 0 radical (unpaired) electrons. The molecule has 0 aliphatic carbocycles. The third-order valence-corrected chi connectivity index (χ3v) is 5.51. The summed E-state index contributed by atoms with van der Waals surface area (Å²) in [6.45, 7) is 7.09. The Kier molecular flexibility index (Phi) is 8.31. The number of nitrogens with one attached hydrogen (secondary N) is 2. The zero-order valence-electron chi connectivity index (χ0n) is 17.5. The van der Waals surface area contributed by atoms with Crippen LogP contribution in [0.2, 0.25) is 0 Å². The van der Waals surface area contributed by atoms with E-state index in [-0.39, 0.29) is 0 Å². The lowest BCUT2D eigenvalue weighted by Gasteiger charge is -2.30. The van der Waals surface area contributed by atoms with Crippen molar-refractivity contribution in [3.63, 3.8) is 0 Å². The molecule has 158 valence electrons. The summed E-state index contributed by atoms with van der Waals surface area (Å²) in [7, 11) is 3.24. The second-order valence-corrected chi connectivity index (χ2v) is 7.72. The van der Waals surface area contributed by atoms with Crippen LogP contribution in [-0.2, 0) is 17.9 Å². The number of aliphatic hydroxyl groups is 1. The number of hydrogen-bond donors (Lipinski definition) is 3. The van der Waals surface area contributed by atoms with Crippen LogP contribution in [0.1, 0.15) is 11.1 Å². The van der Waals surface area contributed by atoms with E-state index in [4.69, 9.17) is 14.2 Å². The molecule has 3 rings (SSSR count). The summed E-state index contributed by atoms with van der Waals surface area (Å²) in [6.07, 6.45) is -0.444. The monoisotopic (exact) mass is 402 g/mol. The highest BCUT2D eigenvalue weighted by atomic mass is 16.5. The van der Waals surface area contributed by atoms with Gasteiger partial charge in [-0.2, -0.15) is 0 Å². The molecule has 0 spiro atoms. The van der Waals surface area contributed by atoms with Crippen LogP contribution < -0.4 is 19.3 Å². The van der Waals surface area contributed by atoms with E-state index in [9.17, 15) is 5.11 Å². The fraction of sp³-hybridized carbons (Fsp3) is 0.478. The molecule has 2 aromatic rings. The topological polar surface area (TPSA) is 56.8 Å². The number of hydrogen-bond acceptors (Lipinski definition) is 4. The molecular formula is C23H34N2O4+2. The molecule has 6 nitrogen and oxygen atoms in total. The van der Waals surface area contributed by atoms with E-state index in [2.05, 4.69) is 30.3 Å². The van der Waals surface area contributed by atoms with Gasteiger partial charge in [-0.1, -0.05) is 36.4 Å². The lowest BCUT2D eigenvalue weighted by atomic mass is 10.2. The van der Waals surface area contributed by atoms with Gasteiger partial charge >= 0.3 is 0 Å². The fourth-order valence-corrected chi connectivity index (χ4v) is 3.90. The van der Waals surface area contributed by atoms with Crippen molar-refractivity contribution in [3.05, 3.63) is 59.7 Å². The van der Waals surface area contributed by atoms with E-state index in [1.54, 1.807) is 19.1 Å². The first-order valence-electron chi connectivity index (χ1n) is 10.4. The van der Waals surface area contributed by atoms with E-state index in [1.165, 1.54) is 10.5 Å². The lowest BCUT2D eigenvalue weighted by molar-refractivity contribution is -1.02. The maximum absolute atomic E-state index is 10.4. The molecule has 0 unspecified atom stereocenters. The molecule has 1 atom stereocenters. The highest BCUT2D eigenvalue weighted by Gasteiger charge is 2.25. The summed E-state index contributed by atoms with van der Waals surface area (Å²) in [6, 6.07) is 16.4.